The van der Waals surface area contributed by atoms with Crippen molar-refractivity contribution < 1.29 is 4.74 Å². The highest BCUT2D eigenvalue weighted by Gasteiger charge is 2.22. The van der Waals surface area contributed by atoms with Crippen molar-refractivity contribution in [3.63, 3.8) is 0 Å². The number of anilines is 1. The lowest BCUT2D eigenvalue weighted by Crippen LogP contribution is -2.25. The van der Waals surface area contributed by atoms with Gasteiger partial charge in [0.05, 0.1) is 6.54 Å². The third kappa shape index (κ3) is 1.98. The Morgan fingerprint density at radius 1 is 1.47 bits per heavy atom. The molecule has 3 rings (SSSR count). The first-order chi connectivity index (χ1) is 8.33. The van der Waals surface area contributed by atoms with Crippen LogP contribution in [0, 0.1) is 0 Å². The van der Waals surface area contributed by atoms with E-state index in [0.29, 0.717) is 0 Å². The lowest BCUT2D eigenvalue weighted by molar-refractivity contribution is 0.246. The van der Waals surface area contributed by atoms with Crippen LogP contribution in [0.25, 0.3) is 0 Å². The van der Waals surface area contributed by atoms with Gasteiger partial charge in [-0.15, -0.1) is 0 Å². The number of rotatable bonds is 3. The van der Waals surface area contributed by atoms with E-state index in [9.17, 15) is 0 Å². The highest BCUT2D eigenvalue weighted by molar-refractivity contribution is 5.38. The molecule has 1 aliphatic heterocycles. The quantitative estimate of drug-likeness (QED) is 0.872. The highest BCUT2D eigenvalue weighted by Crippen LogP contribution is 2.28. The van der Waals surface area contributed by atoms with Crippen LogP contribution in [0.5, 0.6) is 5.75 Å². The average Bonchev–Trinajstić information content (AvgIpc) is 2.92. The first-order valence-electron chi connectivity index (χ1n) is 5.78. The molecule has 4 nitrogen and oxygen atoms in total. The van der Waals surface area contributed by atoms with Crippen LogP contribution in [0.4, 0.5) is 5.95 Å². The Balaban J connectivity index is 1.61. The maximum absolute atomic E-state index is 5.85. The molecule has 88 valence electrons. The van der Waals surface area contributed by atoms with Gasteiger partial charge in [0.25, 0.3) is 0 Å². The second kappa shape index (κ2) is 4.13. The van der Waals surface area contributed by atoms with E-state index in [0.717, 1.165) is 24.7 Å². The summed E-state index contributed by atoms with van der Waals surface area (Å²) in [7, 11) is 1.97. The summed E-state index contributed by atoms with van der Waals surface area (Å²) in [5, 5.41) is 3.30. The molecule has 2 heterocycles. The largest absolute Gasteiger partial charge is 0.488 e. The third-order valence-corrected chi connectivity index (χ3v) is 3.02. The zero-order valence-corrected chi connectivity index (χ0v) is 9.76. The summed E-state index contributed by atoms with van der Waals surface area (Å²) in [4.78, 5) is 4.22. The first-order valence-corrected chi connectivity index (χ1v) is 5.78. The van der Waals surface area contributed by atoms with Crippen LogP contribution in [-0.2, 0) is 13.5 Å². The molecule has 1 aromatic heterocycles. The van der Waals surface area contributed by atoms with Crippen molar-refractivity contribution in [2.75, 3.05) is 11.9 Å². The molecule has 0 aliphatic carbocycles. The zero-order valence-electron chi connectivity index (χ0n) is 9.76. The van der Waals surface area contributed by atoms with Gasteiger partial charge in [0, 0.05) is 25.9 Å². The fourth-order valence-corrected chi connectivity index (χ4v) is 2.11. The number of nitrogens with one attached hydrogen (secondary N) is 1. The molecular formula is C13H15N3O. The number of benzene rings is 1. The Kier molecular flexibility index (Phi) is 2.48. The monoisotopic (exact) mass is 229 g/mol. The van der Waals surface area contributed by atoms with E-state index < -0.39 is 0 Å². The molecule has 2 aromatic rings. The van der Waals surface area contributed by atoms with Crippen molar-refractivity contribution in [1.82, 2.24) is 9.55 Å². The van der Waals surface area contributed by atoms with Crippen LogP contribution in [0.2, 0.25) is 0 Å². The minimum atomic E-state index is 0.198. The van der Waals surface area contributed by atoms with Gasteiger partial charge < -0.3 is 14.6 Å². The Bertz CT molecular complexity index is 496. The van der Waals surface area contributed by atoms with Gasteiger partial charge in [-0.1, -0.05) is 18.2 Å². The van der Waals surface area contributed by atoms with Gasteiger partial charge >= 0.3 is 0 Å². The van der Waals surface area contributed by atoms with E-state index in [1.165, 1.54) is 5.56 Å². The van der Waals surface area contributed by atoms with Crippen molar-refractivity contribution in [3.8, 4) is 5.75 Å². The molecule has 17 heavy (non-hydrogen) atoms. The fraction of sp³-hybridized carbons (Fsp3) is 0.308. The van der Waals surface area contributed by atoms with Gasteiger partial charge in [0.2, 0.25) is 5.95 Å². The van der Waals surface area contributed by atoms with Gasteiger partial charge in [0.1, 0.15) is 11.9 Å². The molecule has 1 aliphatic rings. The second-order valence-corrected chi connectivity index (χ2v) is 4.29. The van der Waals surface area contributed by atoms with Crippen molar-refractivity contribution >= 4 is 5.95 Å². The van der Waals surface area contributed by atoms with E-state index in [1.54, 1.807) is 6.20 Å². The third-order valence-electron chi connectivity index (χ3n) is 3.02. The van der Waals surface area contributed by atoms with Crippen LogP contribution in [0.15, 0.2) is 36.7 Å². The maximum atomic E-state index is 5.85. The van der Waals surface area contributed by atoms with Gasteiger partial charge in [0.15, 0.2) is 0 Å². The number of hydrogen-bond donors (Lipinski definition) is 1. The predicted octanol–water partition coefficient (Wildman–Crippen LogP) is 1.84. The number of para-hydroxylation sites is 1. The summed E-state index contributed by atoms with van der Waals surface area (Å²) in [6.45, 7) is 0.777. The lowest BCUT2D eigenvalue weighted by atomic mass is 10.1. The molecule has 1 atom stereocenters. The molecule has 1 aromatic carbocycles. The molecule has 0 spiro atoms. The lowest BCUT2D eigenvalue weighted by Gasteiger charge is -2.12. The summed E-state index contributed by atoms with van der Waals surface area (Å²) in [5.41, 5.74) is 1.29. The Labute approximate surface area is 100 Å². The number of aromatic nitrogens is 2. The summed E-state index contributed by atoms with van der Waals surface area (Å²) >= 11 is 0. The molecule has 0 amide bonds. The molecule has 0 radical (unpaired) electrons. The maximum Gasteiger partial charge on any atom is 0.202 e. The van der Waals surface area contributed by atoms with Crippen molar-refractivity contribution in [2.24, 2.45) is 7.05 Å². The normalized spacial score (nSPS) is 17.6. The second-order valence-electron chi connectivity index (χ2n) is 4.29. The topological polar surface area (TPSA) is 39.1 Å². The molecule has 4 heteroatoms. The number of nitrogens with zero attached hydrogens (tertiary/aromatic N) is 2. The van der Waals surface area contributed by atoms with Gasteiger partial charge in [-0.3, -0.25) is 0 Å². The van der Waals surface area contributed by atoms with Crippen molar-refractivity contribution in [2.45, 2.75) is 12.5 Å². The van der Waals surface area contributed by atoms with Crippen LogP contribution in [-0.4, -0.2) is 22.2 Å². The van der Waals surface area contributed by atoms with Crippen molar-refractivity contribution in [1.29, 1.82) is 0 Å². The molecule has 0 bridgehead atoms. The van der Waals surface area contributed by atoms with Crippen LogP contribution in [0.1, 0.15) is 5.56 Å². The molecular weight excluding hydrogens is 214 g/mol. The number of hydrogen-bond acceptors (Lipinski definition) is 3. The molecule has 1 unspecified atom stereocenters. The molecule has 0 saturated heterocycles. The number of fused-ring (bicyclic) bond motifs is 1. The van der Waals surface area contributed by atoms with E-state index in [-0.39, 0.29) is 6.10 Å². The predicted molar refractivity (Wildman–Crippen MR) is 66.3 cm³/mol. The summed E-state index contributed by atoms with van der Waals surface area (Å²) < 4.78 is 7.81. The summed E-state index contributed by atoms with van der Waals surface area (Å²) in [5.74, 6) is 1.89. The average molecular weight is 229 g/mol. The minimum absolute atomic E-state index is 0.198. The first kappa shape index (κ1) is 10.2. The van der Waals surface area contributed by atoms with Gasteiger partial charge in [-0.05, 0) is 11.6 Å². The van der Waals surface area contributed by atoms with E-state index in [4.69, 9.17) is 4.74 Å². The SMILES string of the molecule is Cn1ccnc1NCC1Cc2ccccc2O1. The summed E-state index contributed by atoms with van der Waals surface area (Å²) in [6.07, 6.45) is 4.87. The Morgan fingerprint density at radius 3 is 3.12 bits per heavy atom. The summed E-state index contributed by atoms with van der Waals surface area (Å²) in [6, 6.07) is 8.20. The highest BCUT2D eigenvalue weighted by atomic mass is 16.5. The van der Waals surface area contributed by atoms with E-state index >= 15 is 0 Å². The van der Waals surface area contributed by atoms with E-state index in [2.05, 4.69) is 22.4 Å². The number of ether oxygens (including phenoxy) is 1. The number of imidazole rings is 1. The van der Waals surface area contributed by atoms with E-state index in [1.807, 2.05) is 29.9 Å². The van der Waals surface area contributed by atoms with Gasteiger partial charge in [-0.25, -0.2) is 4.98 Å². The standard InChI is InChI=1S/C13H15N3O/c1-16-7-6-14-13(16)15-9-11-8-10-4-2-3-5-12(10)17-11/h2-7,11H,8-9H2,1H3,(H,14,15). The van der Waals surface area contributed by atoms with Gasteiger partial charge in [-0.2, -0.15) is 0 Å². The zero-order chi connectivity index (χ0) is 11.7. The Morgan fingerprint density at radius 2 is 2.35 bits per heavy atom. The smallest absolute Gasteiger partial charge is 0.202 e. The van der Waals surface area contributed by atoms with Crippen LogP contribution < -0.4 is 10.1 Å². The van der Waals surface area contributed by atoms with Crippen molar-refractivity contribution in [3.05, 3.63) is 42.2 Å². The van der Waals surface area contributed by atoms with Crippen LogP contribution >= 0.6 is 0 Å². The number of aryl methyl sites for hydroxylation is 1. The minimum Gasteiger partial charge on any atom is -0.488 e. The molecule has 0 saturated carbocycles. The fourth-order valence-electron chi connectivity index (χ4n) is 2.11. The molecule has 1 N–H and O–H groups in total. The Hall–Kier alpha value is -1.97. The molecule has 0 fully saturated rings. The van der Waals surface area contributed by atoms with Crippen LogP contribution in [0.3, 0.4) is 0 Å².